The molecule has 2 aromatic rings. The smallest absolute Gasteiger partial charge is 0.335 e. The van der Waals surface area contributed by atoms with Gasteiger partial charge in [0, 0.05) is 19.2 Å². The molecule has 0 radical (unpaired) electrons. The molecule has 27 heavy (non-hydrogen) atoms. The molecule has 1 fully saturated rings. The first-order valence-corrected chi connectivity index (χ1v) is 8.64. The van der Waals surface area contributed by atoms with Crippen molar-refractivity contribution in [1.29, 1.82) is 0 Å². The highest BCUT2D eigenvalue weighted by atomic mass is 16.5. The van der Waals surface area contributed by atoms with Gasteiger partial charge >= 0.3 is 5.69 Å². The number of aromatic amines is 1. The van der Waals surface area contributed by atoms with E-state index in [4.69, 9.17) is 9.47 Å². The van der Waals surface area contributed by atoms with E-state index in [9.17, 15) is 14.7 Å². The van der Waals surface area contributed by atoms with E-state index in [2.05, 4.69) is 10.1 Å². The van der Waals surface area contributed by atoms with Crippen LogP contribution in [-0.4, -0.2) is 53.2 Å². The van der Waals surface area contributed by atoms with Gasteiger partial charge in [-0.2, -0.15) is 5.10 Å². The van der Waals surface area contributed by atoms with E-state index in [1.807, 2.05) is 5.01 Å². The van der Waals surface area contributed by atoms with Crippen LogP contribution >= 0.6 is 0 Å². The fourth-order valence-electron chi connectivity index (χ4n) is 2.98. The van der Waals surface area contributed by atoms with E-state index in [1.54, 1.807) is 12.1 Å². The van der Waals surface area contributed by atoms with Gasteiger partial charge in [-0.3, -0.25) is 14.8 Å². The molecule has 144 valence electrons. The molecule has 0 spiro atoms. The van der Waals surface area contributed by atoms with Crippen LogP contribution in [0.1, 0.15) is 24.8 Å². The third kappa shape index (κ3) is 3.81. The summed E-state index contributed by atoms with van der Waals surface area (Å²) in [5.74, 6) is 0.280. The molecule has 9 nitrogen and oxygen atoms in total. The molecule has 0 unspecified atom stereocenters. The molecule has 3 rings (SSSR count). The Hall–Kier alpha value is -3.23. The van der Waals surface area contributed by atoms with E-state index < -0.39 is 17.1 Å². The molecule has 0 atom stereocenters. The minimum Gasteiger partial charge on any atom is -0.497 e. The second-order valence-corrected chi connectivity index (χ2v) is 6.13. The van der Waals surface area contributed by atoms with Crippen molar-refractivity contribution in [3.63, 3.8) is 0 Å². The largest absolute Gasteiger partial charge is 0.497 e. The zero-order valence-electron chi connectivity index (χ0n) is 15.3. The summed E-state index contributed by atoms with van der Waals surface area (Å²) in [6, 6.07) is 4.80. The van der Waals surface area contributed by atoms with Gasteiger partial charge in [-0.15, -0.1) is 0 Å². The van der Waals surface area contributed by atoms with E-state index in [0.29, 0.717) is 11.5 Å². The molecule has 2 heterocycles. The summed E-state index contributed by atoms with van der Waals surface area (Å²) in [5, 5.41) is 16.8. The SMILES string of the molecule is COc1ccc(OC)c(-n2c(O)c(C=NN3CCCCC3)c(=O)[nH]c2=O)c1. The maximum absolute atomic E-state index is 12.4. The lowest BCUT2D eigenvalue weighted by Gasteiger charge is -2.23. The van der Waals surface area contributed by atoms with Gasteiger partial charge in [0.1, 0.15) is 17.1 Å². The van der Waals surface area contributed by atoms with Crippen molar-refractivity contribution in [2.24, 2.45) is 5.10 Å². The first-order valence-electron chi connectivity index (χ1n) is 8.64. The average Bonchev–Trinajstić information content (AvgIpc) is 2.68. The van der Waals surface area contributed by atoms with Crippen LogP contribution in [0.25, 0.3) is 5.69 Å². The van der Waals surface area contributed by atoms with Crippen molar-refractivity contribution in [3.8, 4) is 23.1 Å². The standard InChI is InChI=1S/C18H22N4O5/c1-26-12-6-7-15(27-2)14(10-12)22-17(24)13(16(23)20-18(22)25)11-19-21-8-4-3-5-9-21/h6-7,10-11,24H,3-5,8-9H2,1-2H3,(H,20,23,25). The fourth-order valence-corrected chi connectivity index (χ4v) is 2.98. The highest BCUT2D eigenvalue weighted by Gasteiger charge is 2.18. The van der Waals surface area contributed by atoms with Crippen LogP contribution in [0.4, 0.5) is 0 Å². The van der Waals surface area contributed by atoms with E-state index in [-0.39, 0.29) is 11.3 Å². The fraction of sp³-hybridized carbons (Fsp3) is 0.389. The first-order chi connectivity index (χ1) is 13.0. The summed E-state index contributed by atoms with van der Waals surface area (Å²) in [7, 11) is 2.93. The zero-order valence-corrected chi connectivity index (χ0v) is 15.3. The van der Waals surface area contributed by atoms with Gasteiger partial charge in [-0.1, -0.05) is 0 Å². The van der Waals surface area contributed by atoms with Crippen LogP contribution < -0.4 is 20.7 Å². The molecule has 0 aliphatic carbocycles. The van der Waals surface area contributed by atoms with Crippen LogP contribution in [0.3, 0.4) is 0 Å². The molecule has 0 saturated carbocycles. The topological polar surface area (TPSA) is 109 Å². The summed E-state index contributed by atoms with van der Waals surface area (Å²) in [6.45, 7) is 1.58. The number of H-pyrrole nitrogens is 1. The van der Waals surface area contributed by atoms with Crippen molar-refractivity contribution in [3.05, 3.63) is 44.6 Å². The minimum absolute atomic E-state index is 0.106. The second kappa shape index (κ2) is 7.98. The Bertz CT molecular complexity index is 957. The van der Waals surface area contributed by atoms with Gasteiger partial charge in [0.05, 0.1) is 26.1 Å². The van der Waals surface area contributed by atoms with E-state index in [1.165, 1.54) is 26.5 Å². The molecular weight excluding hydrogens is 352 g/mol. The van der Waals surface area contributed by atoms with E-state index >= 15 is 0 Å². The molecule has 1 aliphatic heterocycles. The molecule has 0 bridgehead atoms. The number of hydrogen-bond donors (Lipinski definition) is 2. The number of aromatic nitrogens is 2. The highest BCUT2D eigenvalue weighted by molar-refractivity contribution is 5.82. The Labute approximate surface area is 155 Å². The number of rotatable bonds is 5. The third-order valence-electron chi connectivity index (χ3n) is 4.43. The summed E-state index contributed by atoms with van der Waals surface area (Å²) in [5.41, 5.74) is -1.37. The van der Waals surface area contributed by atoms with Crippen LogP contribution in [0.5, 0.6) is 17.4 Å². The van der Waals surface area contributed by atoms with Gasteiger partial charge in [-0.05, 0) is 31.4 Å². The van der Waals surface area contributed by atoms with Gasteiger partial charge in [0.25, 0.3) is 5.56 Å². The predicted octanol–water partition coefficient (Wildman–Crippen LogP) is 1.07. The van der Waals surface area contributed by atoms with Gasteiger partial charge in [0.2, 0.25) is 5.88 Å². The van der Waals surface area contributed by atoms with Crippen molar-refractivity contribution < 1.29 is 14.6 Å². The lowest BCUT2D eigenvalue weighted by atomic mass is 10.2. The van der Waals surface area contributed by atoms with Crippen molar-refractivity contribution in [2.45, 2.75) is 19.3 Å². The summed E-state index contributed by atoms with van der Waals surface area (Å²) in [6.07, 6.45) is 4.49. The maximum Gasteiger partial charge on any atom is 0.335 e. The quantitative estimate of drug-likeness (QED) is 0.758. The summed E-state index contributed by atoms with van der Waals surface area (Å²) < 4.78 is 11.4. The van der Waals surface area contributed by atoms with Crippen molar-refractivity contribution in [1.82, 2.24) is 14.6 Å². The van der Waals surface area contributed by atoms with E-state index in [0.717, 1.165) is 36.9 Å². The van der Waals surface area contributed by atoms with Crippen LogP contribution in [0, 0.1) is 0 Å². The average molecular weight is 374 g/mol. The normalized spacial score (nSPS) is 14.5. The monoisotopic (exact) mass is 374 g/mol. The summed E-state index contributed by atoms with van der Waals surface area (Å²) >= 11 is 0. The second-order valence-electron chi connectivity index (χ2n) is 6.13. The zero-order chi connectivity index (χ0) is 19.4. The first kappa shape index (κ1) is 18.6. The highest BCUT2D eigenvalue weighted by Crippen LogP contribution is 2.29. The Morgan fingerprint density at radius 1 is 1.15 bits per heavy atom. The number of hydrogen-bond acceptors (Lipinski definition) is 7. The van der Waals surface area contributed by atoms with Crippen molar-refractivity contribution in [2.75, 3.05) is 27.3 Å². The molecular formula is C18H22N4O5. The summed E-state index contributed by atoms with van der Waals surface area (Å²) in [4.78, 5) is 26.8. The van der Waals surface area contributed by atoms with Gasteiger partial charge in [-0.25, -0.2) is 9.36 Å². The van der Waals surface area contributed by atoms with Crippen LogP contribution in [0.2, 0.25) is 0 Å². The molecule has 0 amide bonds. The van der Waals surface area contributed by atoms with Gasteiger partial charge < -0.3 is 14.6 Å². The maximum atomic E-state index is 12.4. The Kier molecular flexibility index (Phi) is 5.49. The Morgan fingerprint density at radius 2 is 1.89 bits per heavy atom. The van der Waals surface area contributed by atoms with Crippen molar-refractivity contribution >= 4 is 6.21 Å². The molecule has 1 aliphatic rings. The number of hydrazone groups is 1. The number of piperidine rings is 1. The third-order valence-corrected chi connectivity index (χ3v) is 4.43. The number of nitrogens with zero attached hydrogens (tertiary/aromatic N) is 3. The van der Waals surface area contributed by atoms with Gasteiger partial charge in [0.15, 0.2) is 0 Å². The Balaban J connectivity index is 2.11. The molecule has 1 saturated heterocycles. The molecule has 1 aromatic carbocycles. The molecule has 1 aromatic heterocycles. The molecule has 9 heteroatoms. The van der Waals surface area contributed by atoms with Crippen LogP contribution in [0.15, 0.2) is 32.9 Å². The lowest BCUT2D eigenvalue weighted by Crippen LogP contribution is -2.32. The Morgan fingerprint density at radius 3 is 2.56 bits per heavy atom. The number of benzene rings is 1. The number of ether oxygens (including phenoxy) is 2. The molecule has 2 N–H and O–H groups in total. The minimum atomic E-state index is -0.792. The number of methoxy groups -OCH3 is 2. The van der Waals surface area contributed by atoms with Crippen LogP contribution in [-0.2, 0) is 0 Å². The number of nitrogens with one attached hydrogen (secondary N) is 1. The number of aromatic hydroxyl groups is 1. The predicted molar refractivity (Wildman–Crippen MR) is 100 cm³/mol. The lowest BCUT2D eigenvalue weighted by molar-refractivity contribution is 0.240.